The highest BCUT2D eigenvalue weighted by Crippen LogP contribution is 2.16. The maximum Gasteiger partial charge on any atom is 0.230 e. The summed E-state index contributed by atoms with van der Waals surface area (Å²) in [5.74, 6) is 2.09. The number of carbonyl (C=O) groups excluding carboxylic acids is 1. The van der Waals surface area contributed by atoms with Gasteiger partial charge < -0.3 is 10.1 Å². The molecule has 0 bridgehead atoms. The number of thioether (sulfide) groups is 1. The van der Waals surface area contributed by atoms with Crippen LogP contribution in [0.15, 0.2) is 48.5 Å². The molecule has 0 aromatic heterocycles. The molecule has 2 rings (SSSR count). The van der Waals surface area contributed by atoms with Gasteiger partial charge in [-0.1, -0.05) is 35.9 Å². The first-order valence-corrected chi connectivity index (χ1v) is 9.01. The maximum absolute atomic E-state index is 11.9. The van der Waals surface area contributed by atoms with Gasteiger partial charge in [0.15, 0.2) is 0 Å². The molecule has 122 valence electrons. The minimum absolute atomic E-state index is 0.0333. The van der Waals surface area contributed by atoms with Crippen molar-refractivity contribution in [3.63, 3.8) is 0 Å². The van der Waals surface area contributed by atoms with Gasteiger partial charge in [-0.3, -0.25) is 4.79 Å². The van der Waals surface area contributed by atoms with Crippen molar-refractivity contribution in [2.45, 2.75) is 19.2 Å². The lowest BCUT2D eigenvalue weighted by Crippen LogP contribution is -2.24. The predicted octanol–water partition coefficient (Wildman–Crippen LogP) is 4.29. The third-order valence-corrected chi connectivity index (χ3v) is 4.35. The molecular formula is C18H20ClNO2S. The average Bonchev–Trinajstić information content (AvgIpc) is 2.55. The van der Waals surface area contributed by atoms with E-state index >= 15 is 0 Å². The summed E-state index contributed by atoms with van der Waals surface area (Å²) in [5.41, 5.74) is 2.18. The van der Waals surface area contributed by atoms with Gasteiger partial charge in [-0.15, -0.1) is 11.8 Å². The Kier molecular flexibility index (Phi) is 7.30. The Labute approximate surface area is 146 Å². The fourth-order valence-electron chi connectivity index (χ4n) is 2.01. The van der Waals surface area contributed by atoms with Crippen molar-refractivity contribution in [1.29, 1.82) is 0 Å². The predicted molar refractivity (Wildman–Crippen MR) is 97.1 cm³/mol. The second-order valence-electron chi connectivity index (χ2n) is 4.98. The Hall–Kier alpha value is -1.65. The molecule has 2 aromatic carbocycles. The van der Waals surface area contributed by atoms with Crippen LogP contribution in [-0.2, 0) is 17.1 Å². The summed E-state index contributed by atoms with van der Waals surface area (Å²) in [6, 6.07) is 15.5. The summed E-state index contributed by atoms with van der Waals surface area (Å²) in [6.07, 6.45) is 0. The van der Waals surface area contributed by atoms with E-state index in [9.17, 15) is 4.79 Å². The lowest BCUT2D eigenvalue weighted by molar-refractivity contribution is -0.118. The minimum atomic E-state index is 0.0333. The van der Waals surface area contributed by atoms with Gasteiger partial charge in [0.1, 0.15) is 5.75 Å². The van der Waals surface area contributed by atoms with Crippen molar-refractivity contribution in [1.82, 2.24) is 5.32 Å². The highest BCUT2D eigenvalue weighted by atomic mass is 35.5. The van der Waals surface area contributed by atoms with Crippen molar-refractivity contribution in [3.8, 4) is 5.75 Å². The number of halogens is 1. The summed E-state index contributed by atoms with van der Waals surface area (Å²) in [5, 5.41) is 3.65. The molecule has 0 fully saturated rings. The van der Waals surface area contributed by atoms with Crippen LogP contribution >= 0.6 is 23.4 Å². The molecule has 1 amide bonds. The van der Waals surface area contributed by atoms with Gasteiger partial charge in [-0.05, 0) is 42.3 Å². The lowest BCUT2D eigenvalue weighted by atomic mass is 10.2. The molecule has 0 unspecified atom stereocenters. The maximum atomic E-state index is 11.9. The van der Waals surface area contributed by atoms with Crippen molar-refractivity contribution in [2.24, 2.45) is 0 Å². The van der Waals surface area contributed by atoms with Crippen molar-refractivity contribution < 1.29 is 9.53 Å². The van der Waals surface area contributed by atoms with Crippen LogP contribution in [0.2, 0.25) is 5.02 Å². The first-order valence-electron chi connectivity index (χ1n) is 7.48. The van der Waals surface area contributed by atoms with Crippen LogP contribution in [0.25, 0.3) is 0 Å². The summed E-state index contributed by atoms with van der Waals surface area (Å²) < 4.78 is 5.39. The van der Waals surface area contributed by atoms with Gasteiger partial charge in [-0.25, -0.2) is 0 Å². The molecule has 23 heavy (non-hydrogen) atoms. The molecule has 1 N–H and O–H groups in total. The Balaban J connectivity index is 1.68. The van der Waals surface area contributed by atoms with Crippen LogP contribution in [0.4, 0.5) is 0 Å². The average molecular weight is 350 g/mol. The highest BCUT2D eigenvalue weighted by Gasteiger charge is 2.03. The van der Waals surface area contributed by atoms with Gasteiger partial charge in [0.25, 0.3) is 0 Å². The summed E-state index contributed by atoms with van der Waals surface area (Å²) in [6.45, 7) is 3.14. The second kappa shape index (κ2) is 9.48. The van der Waals surface area contributed by atoms with E-state index in [4.69, 9.17) is 16.3 Å². The smallest absolute Gasteiger partial charge is 0.230 e. The Morgan fingerprint density at radius 3 is 2.65 bits per heavy atom. The lowest BCUT2D eigenvalue weighted by Gasteiger charge is -2.07. The van der Waals surface area contributed by atoms with Gasteiger partial charge in [0.2, 0.25) is 5.91 Å². The fourth-order valence-corrected chi connectivity index (χ4v) is 3.03. The molecule has 0 aliphatic rings. The number of carbonyl (C=O) groups is 1. The summed E-state index contributed by atoms with van der Waals surface area (Å²) in [7, 11) is 0. The minimum Gasteiger partial charge on any atom is -0.494 e. The Morgan fingerprint density at radius 1 is 1.17 bits per heavy atom. The standard InChI is InChI=1S/C18H20ClNO2S/c1-2-22-17-8-6-14(7-9-17)11-20-18(21)13-23-12-15-4-3-5-16(19)10-15/h3-10H,2,11-13H2,1H3,(H,20,21). The molecule has 3 nitrogen and oxygen atoms in total. The van der Waals surface area contributed by atoms with E-state index in [-0.39, 0.29) is 5.91 Å². The zero-order chi connectivity index (χ0) is 16.5. The third kappa shape index (κ3) is 6.55. The first-order chi connectivity index (χ1) is 11.2. The van der Waals surface area contributed by atoms with E-state index in [1.54, 1.807) is 11.8 Å². The van der Waals surface area contributed by atoms with Crippen LogP contribution in [0, 0.1) is 0 Å². The number of ether oxygens (including phenoxy) is 1. The molecule has 0 aliphatic heterocycles. The monoisotopic (exact) mass is 349 g/mol. The third-order valence-electron chi connectivity index (χ3n) is 3.11. The highest BCUT2D eigenvalue weighted by molar-refractivity contribution is 7.99. The largest absolute Gasteiger partial charge is 0.494 e. The van der Waals surface area contributed by atoms with Gasteiger partial charge in [0.05, 0.1) is 12.4 Å². The number of nitrogens with one attached hydrogen (secondary N) is 1. The summed E-state index contributed by atoms with van der Waals surface area (Å²) in [4.78, 5) is 11.9. The van der Waals surface area contributed by atoms with Gasteiger partial charge in [0, 0.05) is 17.3 Å². The first kappa shape index (κ1) is 17.7. The van der Waals surface area contributed by atoms with Crippen LogP contribution < -0.4 is 10.1 Å². The van der Waals surface area contributed by atoms with Crippen LogP contribution in [0.3, 0.4) is 0 Å². The van der Waals surface area contributed by atoms with Gasteiger partial charge >= 0.3 is 0 Å². The van der Waals surface area contributed by atoms with E-state index in [1.807, 2.05) is 55.5 Å². The van der Waals surface area contributed by atoms with Crippen LogP contribution in [-0.4, -0.2) is 18.3 Å². The Bertz CT molecular complexity index is 631. The van der Waals surface area contributed by atoms with Crippen molar-refractivity contribution >= 4 is 29.3 Å². The molecule has 0 heterocycles. The zero-order valence-corrected chi connectivity index (χ0v) is 14.6. The van der Waals surface area contributed by atoms with Crippen LogP contribution in [0.5, 0.6) is 5.75 Å². The molecule has 0 radical (unpaired) electrons. The van der Waals surface area contributed by atoms with Crippen LogP contribution in [0.1, 0.15) is 18.1 Å². The van der Waals surface area contributed by atoms with E-state index < -0.39 is 0 Å². The number of rotatable bonds is 8. The zero-order valence-electron chi connectivity index (χ0n) is 13.0. The number of benzene rings is 2. The summed E-state index contributed by atoms with van der Waals surface area (Å²) >= 11 is 7.51. The number of amides is 1. The van der Waals surface area contributed by atoms with Gasteiger partial charge in [-0.2, -0.15) is 0 Å². The fraction of sp³-hybridized carbons (Fsp3) is 0.278. The SMILES string of the molecule is CCOc1ccc(CNC(=O)CSCc2cccc(Cl)c2)cc1. The molecule has 0 spiro atoms. The van der Waals surface area contributed by atoms with E-state index in [0.717, 1.165) is 27.7 Å². The Morgan fingerprint density at radius 2 is 1.96 bits per heavy atom. The number of hydrogen-bond acceptors (Lipinski definition) is 3. The molecule has 0 atom stereocenters. The van der Waals surface area contributed by atoms with Crippen molar-refractivity contribution in [3.05, 3.63) is 64.7 Å². The topological polar surface area (TPSA) is 38.3 Å². The molecule has 5 heteroatoms. The molecule has 0 saturated carbocycles. The quantitative estimate of drug-likeness (QED) is 0.772. The molecule has 0 saturated heterocycles. The second-order valence-corrected chi connectivity index (χ2v) is 6.40. The molecular weight excluding hydrogens is 330 g/mol. The normalized spacial score (nSPS) is 10.3. The van der Waals surface area contributed by atoms with Crippen molar-refractivity contribution in [2.75, 3.05) is 12.4 Å². The molecule has 2 aromatic rings. The van der Waals surface area contributed by atoms with E-state index in [0.29, 0.717) is 18.9 Å². The number of hydrogen-bond donors (Lipinski definition) is 1. The van der Waals surface area contributed by atoms with E-state index in [1.165, 1.54) is 0 Å². The molecule has 0 aliphatic carbocycles. The van der Waals surface area contributed by atoms with E-state index in [2.05, 4.69) is 5.32 Å².